The predicted molar refractivity (Wildman–Crippen MR) is 222 cm³/mol. The molecule has 3 unspecified atom stereocenters. The van der Waals surface area contributed by atoms with E-state index < -0.39 is 6.04 Å². The molecule has 11 nitrogen and oxygen atoms in total. The van der Waals surface area contributed by atoms with Crippen molar-refractivity contribution in [3.63, 3.8) is 0 Å². The van der Waals surface area contributed by atoms with Gasteiger partial charge in [-0.2, -0.15) is 5.26 Å². The predicted octanol–water partition coefficient (Wildman–Crippen LogP) is 6.29. The number of benzene rings is 3. The molecular formula is C45H51FN8O3. The number of nitriles is 1. The fraction of sp³-hybridized carbons (Fsp3) is 0.467. The van der Waals surface area contributed by atoms with Gasteiger partial charge in [-0.1, -0.05) is 0 Å². The summed E-state index contributed by atoms with van der Waals surface area (Å²) in [6, 6.07) is 20.1. The molecule has 4 saturated heterocycles. The van der Waals surface area contributed by atoms with Gasteiger partial charge < -0.3 is 29.5 Å². The highest BCUT2D eigenvalue weighted by Gasteiger charge is 2.42. The summed E-state index contributed by atoms with van der Waals surface area (Å²) in [6.45, 7) is 6.59. The summed E-state index contributed by atoms with van der Waals surface area (Å²) in [6.07, 6.45) is 6.99. The molecule has 4 fully saturated rings. The maximum atomic E-state index is 15.7. The SMILES string of the molecule is Cc1cc2c(N3CCN(C)c4ccc(C#N)cc43)cc(C3CCN(CC4CC5CCC(C4)N5c4ccc(NC5CCC(=O)NC5=O)cc4F)CC3)cc2n(C)c1=O. The van der Waals surface area contributed by atoms with E-state index in [9.17, 15) is 19.6 Å². The third-order valence-corrected chi connectivity index (χ3v) is 13.5. The van der Waals surface area contributed by atoms with Gasteiger partial charge in [-0.25, -0.2) is 4.39 Å². The minimum Gasteiger partial charge on any atom is -0.374 e. The molecule has 3 atom stereocenters. The number of aromatic nitrogens is 1. The topological polar surface area (TPSA) is 117 Å². The van der Waals surface area contributed by atoms with Gasteiger partial charge in [0, 0.05) is 68.9 Å². The minimum absolute atomic E-state index is 0.0209. The molecule has 0 radical (unpaired) electrons. The molecule has 5 aliphatic rings. The lowest BCUT2D eigenvalue weighted by Gasteiger charge is -2.43. The standard InChI is InChI=1S/C45H51FN8O3/c1-27-18-35-40(51(3)45(27)57)22-31(23-41(35)53-17-16-50(2)39-9-4-28(25-47)21-42(39)53)30-12-14-52(15-13-30)26-29-19-33-6-7-34(20-29)54(33)38-10-5-32(24-36(38)46)48-37-8-11-43(55)49-44(37)56/h4-5,9-10,18,21-24,29-30,33-34,37,48H,6-8,11-17,19-20,26H2,1-3H3,(H,49,55,56). The number of halogens is 1. The number of carbonyl (C=O) groups is 2. The first kappa shape index (κ1) is 37.2. The highest BCUT2D eigenvalue weighted by atomic mass is 19.1. The van der Waals surface area contributed by atoms with Gasteiger partial charge in [0.15, 0.2) is 0 Å². The van der Waals surface area contributed by atoms with E-state index in [1.54, 1.807) is 4.57 Å². The highest BCUT2D eigenvalue weighted by Crippen LogP contribution is 2.45. The van der Waals surface area contributed by atoms with Crippen LogP contribution in [0.2, 0.25) is 0 Å². The second kappa shape index (κ2) is 14.8. The Hall–Kier alpha value is -5.41. The number of imide groups is 1. The highest BCUT2D eigenvalue weighted by molar-refractivity contribution is 6.01. The number of piperidine rings is 3. The van der Waals surface area contributed by atoms with E-state index in [0.29, 0.717) is 52.8 Å². The number of aryl methyl sites for hydroxylation is 2. The number of hydrogen-bond acceptors (Lipinski definition) is 9. The zero-order valence-corrected chi connectivity index (χ0v) is 33.1. The van der Waals surface area contributed by atoms with Crippen LogP contribution in [0.5, 0.6) is 0 Å². The number of fused-ring (bicyclic) bond motifs is 4. The molecule has 2 N–H and O–H groups in total. The Morgan fingerprint density at radius 2 is 1.60 bits per heavy atom. The lowest BCUT2D eigenvalue weighted by atomic mass is 9.86. The molecule has 9 rings (SSSR count). The van der Waals surface area contributed by atoms with Crippen molar-refractivity contribution in [1.29, 1.82) is 5.26 Å². The number of anilines is 5. The van der Waals surface area contributed by atoms with Crippen LogP contribution in [0.1, 0.15) is 74.0 Å². The van der Waals surface area contributed by atoms with Crippen LogP contribution in [0.15, 0.2) is 59.4 Å². The van der Waals surface area contributed by atoms with E-state index in [2.05, 4.69) is 55.5 Å². The van der Waals surface area contributed by atoms with Crippen LogP contribution in [-0.4, -0.2) is 79.2 Å². The number of pyridine rings is 1. The number of amides is 2. The van der Waals surface area contributed by atoms with Crippen molar-refractivity contribution in [2.24, 2.45) is 13.0 Å². The van der Waals surface area contributed by atoms with Crippen molar-refractivity contribution in [3.8, 4) is 6.07 Å². The van der Waals surface area contributed by atoms with Crippen LogP contribution in [-0.2, 0) is 16.6 Å². The van der Waals surface area contributed by atoms with Gasteiger partial charge >= 0.3 is 0 Å². The molecular weight excluding hydrogens is 720 g/mol. The zero-order valence-electron chi connectivity index (χ0n) is 33.1. The van der Waals surface area contributed by atoms with E-state index in [-0.39, 0.29) is 29.6 Å². The summed E-state index contributed by atoms with van der Waals surface area (Å²) >= 11 is 0. The molecule has 0 spiro atoms. The van der Waals surface area contributed by atoms with Crippen molar-refractivity contribution in [3.05, 3.63) is 87.5 Å². The lowest BCUT2D eigenvalue weighted by molar-refractivity contribution is -0.133. The molecule has 5 aliphatic heterocycles. The Morgan fingerprint density at radius 1 is 0.842 bits per heavy atom. The van der Waals surface area contributed by atoms with Crippen LogP contribution >= 0.6 is 0 Å². The first-order valence-electron chi connectivity index (χ1n) is 20.6. The molecule has 0 aliphatic carbocycles. The molecule has 4 aromatic rings. The summed E-state index contributed by atoms with van der Waals surface area (Å²) < 4.78 is 17.5. The number of likely N-dealkylation sites (N-methyl/N-ethyl adjacent to an activating group) is 1. The third kappa shape index (κ3) is 6.90. The van der Waals surface area contributed by atoms with E-state index in [0.717, 1.165) is 99.2 Å². The Kier molecular flexibility index (Phi) is 9.67. The number of likely N-dealkylation sites (tertiary alicyclic amines) is 1. The third-order valence-electron chi connectivity index (χ3n) is 13.5. The van der Waals surface area contributed by atoms with E-state index >= 15 is 4.39 Å². The summed E-state index contributed by atoms with van der Waals surface area (Å²) in [4.78, 5) is 46.6. The van der Waals surface area contributed by atoms with Gasteiger partial charge in [0.05, 0.1) is 39.9 Å². The van der Waals surface area contributed by atoms with E-state index in [1.807, 2.05) is 50.4 Å². The van der Waals surface area contributed by atoms with Crippen LogP contribution in [0, 0.1) is 30.0 Å². The Morgan fingerprint density at radius 3 is 2.32 bits per heavy atom. The quantitative estimate of drug-likeness (QED) is 0.209. The van der Waals surface area contributed by atoms with Gasteiger partial charge in [-0.3, -0.25) is 19.7 Å². The Bertz CT molecular complexity index is 2350. The van der Waals surface area contributed by atoms with Crippen LogP contribution < -0.4 is 30.9 Å². The molecule has 296 valence electrons. The second-order valence-electron chi connectivity index (χ2n) is 17.1. The summed E-state index contributed by atoms with van der Waals surface area (Å²) in [7, 11) is 3.97. The largest absolute Gasteiger partial charge is 0.374 e. The summed E-state index contributed by atoms with van der Waals surface area (Å²) in [5.41, 5.74) is 7.97. The summed E-state index contributed by atoms with van der Waals surface area (Å²) in [5, 5.41) is 16.3. The molecule has 2 amide bonds. The van der Waals surface area contributed by atoms with Gasteiger partial charge in [0.25, 0.3) is 5.56 Å². The summed E-state index contributed by atoms with van der Waals surface area (Å²) in [5.74, 6) is 0.0177. The zero-order chi connectivity index (χ0) is 39.5. The first-order valence-corrected chi connectivity index (χ1v) is 20.6. The molecule has 57 heavy (non-hydrogen) atoms. The average molecular weight is 771 g/mol. The molecule has 3 aromatic carbocycles. The number of hydrogen-bond donors (Lipinski definition) is 2. The van der Waals surface area contributed by atoms with Gasteiger partial charge in [0.1, 0.15) is 11.9 Å². The maximum absolute atomic E-state index is 15.7. The molecule has 2 bridgehead atoms. The van der Waals surface area contributed by atoms with Crippen molar-refractivity contribution in [1.82, 2.24) is 14.8 Å². The van der Waals surface area contributed by atoms with E-state index in [1.165, 1.54) is 11.6 Å². The maximum Gasteiger partial charge on any atom is 0.253 e. The van der Waals surface area contributed by atoms with Gasteiger partial charge in [0.2, 0.25) is 11.8 Å². The van der Waals surface area contributed by atoms with Crippen molar-refractivity contribution in [2.45, 2.75) is 82.3 Å². The number of carbonyl (C=O) groups excluding carboxylic acids is 2. The normalized spacial score (nSPS) is 24.1. The second-order valence-corrected chi connectivity index (χ2v) is 17.1. The molecule has 1 aromatic heterocycles. The van der Waals surface area contributed by atoms with Crippen molar-refractivity contribution < 1.29 is 14.0 Å². The van der Waals surface area contributed by atoms with Crippen LogP contribution in [0.3, 0.4) is 0 Å². The van der Waals surface area contributed by atoms with Gasteiger partial charge in [-0.05, 0) is 137 Å². The Labute approximate surface area is 333 Å². The van der Waals surface area contributed by atoms with Crippen LogP contribution in [0.25, 0.3) is 10.9 Å². The van der Waals surface area contributed by atoms with Crippen molar-refractivity contribution in [2.75, 3.05) is 59.8 Å². The Balaban J connectivity index is 0.883. The monoisotopic (exact) mass is 770 g/mol. The lowest BCUT2D eigenvalue weighted by Crippen LogP contribution is -2.47. The molecule has 6 heterocycles. The molecule has 0 saturated carbocycles. The smallest absolute Gasteiger partial charge is 0.253 e. The first-order chi connectivity index (χ1) is 27.5. The average Bonchev–Trinajstić information content (AvgIpc) is 3.46. The number of rotatable bonds is 7. The number of nitrogens with one attached hydrogen (secondary N) is 2. The van der Waals surface area contributed by atoms with Crippen LogP contribution in [0.4, 0.5) is 32.8 Å². The van der Waals surface area contributed by atoms with E-state index in [4.69, 9.17) is 0 Å². The van der Waals surface area contributed by atoms with Crippen molar-refractivity contribution >= 4 is 51.2 Å². The fourth-order valence-electron chi connectivity index (χ4n) is 10.5. The fourth-order valence-corrected chi connectivity index (χ4v) is 10.5. The minimum atomic E-state index is -0.547. The molecule has 12 heteroatoms. The van der Waals surface area contributed by atoms with Gasteiger partial charge in [-0.15, -0.1) is 0 Å². The number of nitrogens with zero attached hydrogens (tertiary/aromatic N) is 6.